The molecule has 1 aromatic heterocycles. The lowest BCUT2D eigenvalue weighted by molar-refractivity contribution is 0.395. The molecule has 0 fully saturated rings. The van der Waals surface area contributed by atoms with Crippen LogP contribution >= 0.6 is 0 Å². The summed E-state index contributed by atoms with van der Waals surface area (Å²) in [6.07, 6.45) is 1.51. The molecule has 0 saturated carbocycles. The summed E-state index contributed by atoms with van der Waals surface area (Å²) >= 11 is 0. The van der Waals surface area contributed by atoms with Crippen molar-refractivity contribution >= 4 is 0 Å². The lowest BCUT2D eigenvalue weighted by atomic mass is 10.1. The van der Waals surface area contributed by atoms with E-state index in [0.29, 0.717) is 5.56 Å². The van der Waals surface area contributed by atoms with E-state index < -0.39 is 17.3 Å². The highest BCUT2D eigenvalue weighted by molar-refractivity contribution is 5.67. The molecule has 0 amide bonds. The quantitative estimate of drug-likeness (QED) is 0.839. The summed E-state index contributed by atoms with van der Waals surface area (Å²) < 4.78 is 1.10. The van der Waals surface area contributed by atoms with Gasteiger partial charge in [-0.25, -0.2) is 4.79 Å². The van der Waals surface area contributed by atoms with Gasteiger partial charge >= 0.3 is 5.69 Å². The summed E-state index contributed by atoms with van der Waals surface area (Å²) in [6, 6.07) is 6.70. The standard InChI is InChI=1S/C15H16N2O3/c1-4-10(3)17-14(19)12(13(18)16-15(17)20)11-7-5-9(2)6-8-11/h4-8,10,19H,1H2,2-3H3,(H,16,18,20). The molecule has 20 heavy (non-hydrogen) atoms. The molecule has 0 saturated heterocycles. The van der Waals surface area contributed by atoms with Gasteiger partial charge < -0.3 is 5.11 Å². The van der Waals surface area contributed by atoms with Crippen LogP contribution in [0, 0.1) is 6.92 Å². The van der Waals surface area contributed by atoms with E-state index in [4.69, 9.17) is 0 Å². The van der Waals surface area contributed by atoms with Crippen molar-refractivity contribution in [1.82, 2.24) is 9.55 Å². The first kappa shape index (κ1) is 13.9. The minimum atomic E-state index is -0.657. The number of aryl methyl sites for hydroxylation is 1. The highest BCUT2D eigenvalue weighted by Crippen LogP contribution is 2.26. The van der Waals surface area contributed by atoms with Crippen LogP contribution in [0.5, 0.6) is 5.88 Å². The van der Waals surface area contributed by atoms with Crippen LogP contribution in [0.1, 0.15) is 18.5 Å². The molecule has 2 N–H and O–H groups in total. The first-order valence-electron chi connectivity index (χ1n) is 6.23. The van der Waals surface area contributed by atoms with Crippen LogP contribution in [0.2, 0.25) is 0 Å². The number of H-pyrrole nitrogens is 1. The fourth-order valence-corrected chi connectivity index (χ4v) is 2.00. The van der Waals surface area contributed by atoms with E-state index in [1.165, 1.54) is 6.08 Å². The largest absolute Gasteiger partial charge is 0.494 e. The van der Waals surface area contributed by atoms with Crippen molar-refractivity contribution in [1.29, 1.82) is 0 Å². The smallest absolute Gasteiger partial charge is 0.331 e. The zero-order valence-corrected chi connectivity index (χ0v) is 11.4. The number of hydrogen-bond donors (Lipinski definition) is 2. The van der Waals surface area contributed by atoms with Crippen LogP contribution in [-0.4, -0.2) is 14.7 Å². The lowest BCUT2D eigenvalue weighted by Gasteiger charge is -2.15. The Bertz CT molecular complexity index is 754. The molecule has 0 radical (unpaired) electrons. The molecule has 1 atom stereocenters. The van der Waals surface area contributed by atoms with E-state index >= 15 is 0 Å². The molecule has 0 bridgehead atoms. The molecule has 1 aromatic carbocycles. The Morgan fingerprint density at radius 2 is 1.90 bits per heavy atom. The minimum absolute atomic E-state index is 0.0818. The van der Waals surface area contributed by atoms with E-state index in [-0.39, 0.29) is 11.4 Å². The number of allylic oxidation sites excluding steroid dienone is 1. The predicted molar refractivity (Wildman–Crippen MR) is 78.1 cm³/mol. The summed E-state index contributed by atoms with van der Waals surface area (Å²) in [4.78, 5) is 26.0. The number of nitrogens with one attached hydrogen (secondary N) is 1. The molecule has 1 unspecified atom stereocenters. The molecular formula is C15H16N2O3. The molecule has 5 nitrogen and oxygen atoms in total. The van der Waals surface area contributed by atoms with Gasteiger partial charge in [0.25, 0.3) is 5.56 Å². The van der Waals surface area contributed by atoms with E-state index in [0.717, 1.165) is 10.1 Å². The fraction of sp³-hybridized carbons (Fsp3) is 0.200. The van der Waals surface area contributed by atoms with Crippen molar-refractivity contribution in [2.24, 2.45) is 0 Å². The van der Waals surface area contributed by atoms with E-state index in [2.05, 4.69) is 11.6 Å². The number of hydrogen-bond acceptors (Lipinski definition) is 3. The van der Waals surface area contributed by atoms with Gasteiger partial charge in [0, 0.05) is 0 Å². The second-order valence-corrected chi connectivity index (χ2v) is 4.67. The topological polar surface area (TPSA) is 75.1 Å². The van der Waals surface area contributed by atoms with Crippen LogP contribution in [0.15, 0.2) is 46.5 Å². The first-order chi connectivity index (χ1) is 9.45. The molecule has 0 spiro atoms. The van der Waals surface area contributed by atoms with Crippen molar-refractivity contribution in [3.8, 4) is 17.0 Å². The summed E-state index contributed by atoms with van der Waals surface area (Å²) in [5, 5.41) is 10.3. The molecule has 2 rings (SSSR count). The molecule has 0 aliphatic heterocycles. The maximum atomic E-state index is 12.0. The second-order valence-electron chi connectivity index (χ2n) is 4.67. The number of benzene rings is 1. The van der Waals surface area contributed by atoms with Crippen LogP contribution in [-0.2, 0) is 0 Å². The van der Waals surface area contributed by atoms with E-state index in [9.17, 15) is 14.7 Å². The minimum Gasteiger partial charge on any atom is -0.494 e. The van der Waals surface area contributed by atoms with Gasteiger partial charge in [0.05, 0.1) is 6.04 Å². The molecule has 104 valence electrons. The zero-order valence-electron chi connectivity index (χ0n) is 11.4. The van der Waals surface area contributed by atoms with Gasteiger partial charge in [0.15, 0.2) is 0 Å². The highest BCUT2D eigenvalue weighted by Gasteiger charge is 2.17. The van der Waals surface area contributed by atoms with Crippen LogP contribution in [0.3, 0.4) is 0 Å². The van der Waals surface area contributed by atoms with Crippen molar-refractivity contribution in [3.63, 3.8) is 0 Å². The monoisotopic (exact) mass is 272 g/mol. The molecule has 2 aromatic rings. The Morgan fingerprint density at radius 3 is 2.45 bits per heavy atom. The summed E-state index contributed by atoms with van der Waals surface area (Å²) in [5.74, 6) is -0.352. The van der Waals surface area contributed by atoms with Gasteiger partial charge in [0.1, 0.15) is 5.56 Å². The van der Waals surface area contributed by atoms with Crippen LogP contribution in [0.25, 0.3) is 11.1 Å². The average Bonchev–Trinajstić information content (AvgIpc) is 2.40. The highest BCUT2D eigenvalue weighted by atomic mass is 16.3. The predicted octanol–water partition coefficient (Wildman–Crippen LogP) is 1.96. The number of aromatic amines is 1. The number of nitrogens with zero attached hydrogens (tertiary/aromatic N) is 1. The van der Waals surface area contributed by atoms with Crippen LogP contribution < -0.4 is 11.2 Å². The second kappa shape index (κ2) is 5.21. The van der Waals surface area contributed by atoms with Gasteiger partial charge in [-0.3, -0.25) is 14.3 Å². The number of rotatable bonds is 3. The maximum Gasteiger partial charge on any atom is 0.331 e. The third-order valence-corrected chi connectivity index (χ3v) is 3.21. The van der Waals surface area contributed by atoms with E-state index in [1.54, 1.807) is 19.1 Å². The van der Waals surface area contributed by atoms with Gasteiger partial charge in [-0.15, -0.1) is 6.58 Å². The third-order valence-electron chi connectivity index (χ3n) is 3.21. The lowest BCUT2D eigenvalue weighted by Crippen LogP contribution is -2.32. The Hall–Kier alpha value is -2.56. The van der Waals surface area contributed by atoms with Crippen molar-refractivity contribution in [2.75, 3.05) is 0 Å². The van der Waals surface area contributed by atoms with Gasteiger partial charge in [0.2, 0.25) is 5.88 Å². The van der Waals surface area contributed by atoms with E-state index in [1.807, 2.05) is 19.1 Å². The molecule has 1 heterocycles. The number of aromatic nitrogens is 2. The summed E-state index contributed by atoms with van der Waals surface area (Å²) in [7, 11) is 0. The third kappa shape index (κ3) is 2.30. The van der Waals surface area contributed by atoms with Crippen molar-refractivity contribution < 1.29 is 5.11 Å². The molecule has 0 aliphatic rings. The maximum absolute atomic E-state index is 12.0. The van der Waals surface area contributed by atoms with Crippen molar-refractivity contribution in [2.45, 2.75) is 19.9 Å². The number of aromatic hydroxyl groups is 1. The Labute approximate surface area is 115 Å². The van der Waals surface area contributed by atoms with Gasteiger partial charge in [-0.1, -0.05) is 35.9 Å². The Kier molecular flexibility index (Phi) is 3.61. The normalized spacial score (nSPS) is 12.1. The molecule has 0 aliphatic carbocycles. The SMILES string of the molecule is C=CC(C)n1c(O)c(-c2ccc(C)cc2)c(=O)[nH]c1=O. The first-order valence-corrected chi connectivity index (χ1v) is 6.23. The van der Waals surface area contributed by atoms with Crippen molar-refractivity contribution in [3.05, 3.63) is 63.3 Å². The fourth-order valence-electron chi connectivity index (χ4n) is 2.00. The Morgan fingerprint density at radius 1 is 1.30 bits per heavy atom. The van der Waals surface area contributed by atoms with Gasteiger partial charge in [-0.05, 0) is 19.4 Å². The van der Waals surface area contributed by atoms with Crippen LogP contribution in [0.4, 0.5) is 0 Å². The Balaban J connectivity index is 2.77. The summed E-state index contributed by atoms with van der Waals surface area (Å²) in [5.41, 5.74) is 0.412. The van der Waals surface area contributed by atoms with Gasteiger partial charge in [-0.2, -0.15) is 0 Å². The zero-order chi connectivity index (χ0) is 14.9. The summed E-state index contributed by atoms with van der Waals surface area (Å²) in [6.45, 7) is 7.22. The average molecular weight is 272 g/mol. The molecular weight excluding hydrogens is 256 g/mol. The molecule has 5 heteroatoms.